The average molecular weight is 311 g/mol. The largest absolute Gasteiger partial charge is 0.459 e. The quantitative estimate of drug-likeness (QED) is 0.794. The zero-order chi connectivity index (χ0) is 16.4. The second-order valence-corrected chi connectivity index (χ2v) is 6.17. The Morgan fingerprint density at radius 1 is 1.09 bits per heavy atom. The third-order valence-corrected chi connectivity index (χ3v) is 3.39. The summed E-state index contributed by atoms with van der Waals surface area (Å²) in [5.74, 6) is 0.362. The van der Waals surface area contributed by atoms with Crippen molar-refractivity contribution in [1.82, 2.24) is 10.2 Å². The fraction of sp³-hybridized carbons (Fsp3) is 0.235. The normalized spacial score (nSPS) is 11.4. The zero-order valence-corrected chi connectivity index (χ0v) is 13.2. The minimum absolute atomic E-state index is 0.0290. The van der Waals surface area contributed by atoms with Gasteiger partial charge in [-0.3, -0.25) is 10.1 Å². The van der Waals surface area contributed by atoms with Crippen LogP contribution in [0.2, 0.25) is 0 Å². The van der Waals surface area contributed by atoms with Gasteiger partial charge in [-0.1, -0.05) is 38.0 Å². The van der Waals surface area contributed by atoms with Gasteiger partial charge >= 0.3 is 6.01 Å². The molecule has 3 aromatic rings. The van der Waals surface area contributed by atoms with E-state index >= 15 is 0 Å². The lowest BCUT2D eigenvalue weighted by molar-refractivity contribution is 0.102. The van der Waals surface area contributed by atoms with E-state index in [1.165, 1.54) is 6.26 Å². The summed E-state index contributed by atoms with van der Waals surface area (Å²) < 4.78 is 10.5. The molecule has 1 N–H and O–H groups in total. The Kier molecular flexibility index (Phi) is 3.73. The van der Waals surface area contributed by atoms with Gasteiger partial charge in [0.05, 0.1) is 6.26 Å². The van der Waals surface area contributed by atoms with Crippen LogP contribution in [0.5, 0.6) is 0 Å². The highest BCUT2D eigenvalue weighted by molar-refractivity contribution is 6.03. The SMILES string of the molecule is CC(C)(C)c1ccc(C(=O)Nc2nnc(-c3ccco3)o2)cc1. The van der Waals surface area contributed by atoms with Crippen LogP contribution in [0.15, 0.2) is 51.5 Å². The molecule has 2 heterocycles. The van der Waals surface area contributed by atoms with E-state index in [1.807, 2.05) is 12.1 Å². The van der Waals surface area contributed by atoms with E-state index in [9.17, 15) is 4.79 Å². The molecule has 0 aliphatic heterocycles. The van der Waals surface area contributed by atoms with Crippen molar-refractivity contribution in [3.05, 3.63) is 53.8 Å². The Morgan fingerprint density at radius 3 is 2.43 bits per heavy atom. The first-order chi connectivity index (χ1) is 10.9. The first kappa shape index (κ1) is 15.0. The standard InChI is InChI=1S/C17H17N3O3/c1-17(2,3)12-8-6-11(7-9-12)14(21)18-16-20-19-15(23-16)13-5-4-10-22-13/h4-10H,1-3H3,(H,18,20,21). The summed E-state index contributed by atoms with van der Waals surface area (Å²) in [5.41, 5.74) is 1.72. The van der Waals surface area contributed by atoms with Crippen molar-refractivity contribution < 1.29 is 13.6 Å². The van der Waals surface area contributed by atoms with E-state index in [0.717, 1.165) is 5.56 Å². The fourth-order valence-electron chi connectivity index (χ4n) is 2.06. The van der Waals surface area contributed by atoms with E-state index in [-0.39, 0.29) is 23.2 Å². The van der Waals surface area contributed by atoms with E-state index in [2.05, 4.69) is 36.3 Å². The Bertz CT molecular complexity index is 796. The minimum atomic E-state index is -0.305. The monoisotopic (exact) mass is 311 g/mol. The minimum Gasteiger partial charge on any atom is -0.459 e. The number of aromatic nitrogens is 2. The maximum atomic E-state index is 12.2. The van der Waals surface area contributed by atoms with Gasteiger partial charge in [0, 0.05) is 5.56 Å². The third-order valence-electron chi connectivity index (χ3n) is 3.39. The van der Waals surface area contributed by atoms with Crippen LogP contribution < -0.4 is 5.32 Å². The number of carbonyl (C=O) groups excluding carboxylic acids is 1. The third kappa shape index (κ3) is 3.31. The molecule has 0 saturated carbocycles. The highest BCUT2D eigenvalue weighted by Gasteiger charge is 2.16. The molecule has 2 aromatic heterocycles. The number of nitrogens with zero attached hydrogens (tertiary/aromatic N) is 2. The Labute approximate surface area is 133 Å². The Hall–Kier alpha value is -2.89. The van der Waals surface area contributed by atoms with Gasteiger partial charge in [-0.15, -0.1) is 5.10 Å². The molecule has 0 aliphatic rings. The highest BCUT2D eigenvalue weighted by Crippen LogP contribution is 2.23. The molecule has 1 aromatic carbocycles. The van der Waals surface area contributed by atoms with Crippen LogP contribution in [0.25, 0.3) is 11.7 Å². The van der Waals surface area contributed by atoms with Crippen LogP contribution in [0, 0.1) is 0 Å². The lowest BCUT2D eigenvalue weighted by Crippen LogP contribution is -2.14. The number of rotatable bonds is 3. The van der Waals surface area contributed by atoms with Crippen molar-refractivity contribution in [2.75, 3.05) is 5.32 Å². The van der Waals surface area contributed by atoms with Gasteiger partial charge in [0.15, 0.2) is 5.76 Å². The predicted octanol–water partition coefficient (Wildman–Crippen LogP) is 3.88. The van der Waals surface area contributed by atoms with E-state index < -0.39 is 0 Å². The van der Waals surface area contributed by atoms with Crippen LogP contribution in [-0.4, -0.2) is 16.1 Å². The Morgan fingerprint density at radius 2 is 1.83 bits per heavy atom. The van der Waals surface area contributed by atoms with Crippen LogP contribution >= 0.6 is 0 Å². The summed E-state index contributed by atoms with van der Waals surface area (Å²) in [6, 6.07) is 10.9. The van der Waals surface area contributed by atoms with Crippen LogP contribution in [0.1, 0.15) is 36.7 Å². The zero-order valence-electron chi connectivity index (χ0n) is 13.2. The molecule has 0 atom stereocenters. The van der Waals surface area contributed by atoms with Gasteiger partial charge in [0.2, 0.25) is 0 Å². The molecule has 0 radical (unpaired) electrons. The molecule has 0 spiro atoms. The van der Waals surface area contributed by atoms with Gasteiger partial charge in [-0.05, 0) is 35.2 Å². The first-order valence-corrected chi connectivity index (χ1v) is 7.23. The number of hydrogen-bond acceptors (Lipinski definition) is 5. The topological polar surface area (TPSA) is 81.2 Å². The number of carbonyl (C=O) groups is 1. The van der Waals surface area contributed by atoms with Gasteiger partial charge in [0.25, 0.3) is 11.8 Å². The van der Waals surface area contributed by atoms with Crippen LogP contribution in [0.4, 0.5) is 6.01 Å². The second-order valence-electron chi connectivity index (χ2n) is 6.17. The van der Waals surface area contributed by atoms with E-state index in [1.54, 1.807) is 24.3 Å². The number of hydrogen-bond donors (Lipinski definition) is 1. The molecule has 6 nitrogen and oxygen atoms in total. The smallest absolute Gasteiger partial charge is 0.322 e. The molecule has 1 amide bonds. The van der Waals surface area contributed by atoms with Crippen molar-refractivity contribution in [3.8, 4) is 11.7 Å². The molecule has 23 heavy (non-hydrogen) atoms. The molecule has 0 fully saturated rings. The fourth-order valence-corrected chi connectivity index (χ4v) is 2.06. The van der Waals surface area contributed by atoms with Crippen LogP contribution in [-0.2, 0) is 5.41 Å². The van der Waals surface area contributed by atoms with Gasteiger partial charge in [-0.25, -0.2) is 0 Å². The number of furan rings is 1. The number of benzene rings is 1. The number of anilines is 1. The molecular weight excluding hydrogens is 294 g/mol. The molecular formula is C17H17N3O3. The molecule has 6 heteroatoms. The van der Waals surface area contributed by atoms with Crippen molar-refractivity contribution in [3.63, 3.8) is 0 Å². The molecule has 3 rings (SSSR count). The highest BCUT2D eigenvalue weighted by atomic mass is 16.4. The molecule has 0 aliphatic carbocycles. The summed E-state index contributed by atoms with van der Waals surface area (Å²) in [5, 5.41) is 10.2. The lowest BCUT2D eigenvalue weighted by atomic mass is 9.87. The number of amides is 1. The molecule has 0 unspecified atom stereocenters. The van der Waals surface area contributed by atoms with Gasteiger partial charge in [0.1, 0.15) is 0 Å². The maximum absolute atomic E-state index is 12.2. The summed E-state index contributed by atoms with van der Waals surface area (Å²) in [6.45, 7) is 6.37. The predicted molar refractivity (Wildman–Crippen MR) is 85.1 cm³/mol. The van der Waals surface area contributed by atoms with E-state index in [4.69, 9.17) is 8.83 Å². The van der Waals surface area contributed by atoms with Gasteiger partial charge < -0.3 is 8.83 Å². The second kappa shape index (κ2) is 5.72. The van der Waals surface area contributed by atoms with E-state index in [0.29, 0.717) is 11.3 Å². The molecule has 0 saturated heterocycles. The first-order valence-electron chi connectivity index (χ1n) is 7.23. The Balaban J connectivity index is 1.72. The van der Waals surface area contributed by atoms with Crippen molar-refractivity contribution in [2.24, 2.45) is 0 Å². The van der Waals surface area contributed by atoms with Crippen molar-refractivity contribution in [1.29, 1.82) is 0 Å². The van der Waals surface area contributed by atoms with Gasteiger partial charge in [-0.2, -0.15) is 0 Å². The lowest BCUT2D eigenvalue weighted by Gasteiger charge is -2.18. The summed E-state index contributed by atoms with van der Waals surface area (Å²) in [7, 11) is 0. The maximum Gasteiger partial charge on any atom is 0.322 e. The summed E-state index contributed by atoms with van der Waals surface area (Å²) in [4.78, 5) is 12.2. The van der Waals surface area contributed by atoms with Crippen LogP contribution in [0.3, 0.4) is 0 Å². The average Bonchev–Trinajstić information content (AvgIpc) is 3.17. The number of nitrogens with one attached hydrogen (secondary N) is 1. The summed E-state index contributed by atoms with van der Waals surface area (Å²) >= 11 is 0. The molecule has 118 valence electrons. The van der Waals surface area contributed by atoms with Crippen molar-refractivity contribution in [2.45, 2.75) is 26.2 Å². The molecule has 0 bridgehead atoms. The van der Waals surface area contributed by atoms with Crippen molar-refractivity contribution >= 4 is 11.9 Å². The summed E-state index contributed by atoms with van der Waals surface area (Å²) in [6.07, 6.45) is 1.51.